The molecule has 1 amide bonds. The van der Waals surface area contributed by atoms with E-state index in [0.717, 1.165) is 25.0 Å². The minimum absolute atomic E-state index is 0.0413. The van der Waals surface area contributed by atoms with E-state index >= 15 is 0 Å². The Hall–Kier alpha value is -1.54. The quantitative estimate of drug-likeness (QED) is 0.888. The molecule has 2 heterocycles. The lowest BCUT2D eigenvalue weighted by Crippen LogP contribution is -2.39. The van der Waals surface area contributed by atoms with Crippen LogP contribution in [0.15, 0.2) is 23.1 Å². The molecule has 0 saturated carbocycles. The Morgan fingerprint density at radius 2 is 1.82 bits per heavy atom. The highest BCUT2D eigenvalue weighted by Gasteiger charge is 2.41. The second kappa shape index (κ2) is 5.58. The van der Waals surface area contributed by atoms with Crippen molar-refractivity contribution < 1.29 is 22.0 Å². The lowest BCUT2D eigenvalue weighted by atomic mass is 9.99. The van der Waals surface area contributed by atoms with Gasteiger partial charge in [-0.2, -0.15) is 4.31 Å². The van der Waals surface area contributed by atoms with Crippen molar-refractivity contribution in [1.82, 2.24) is 9.62 Å². The van der Waals surface area contributed by atoms with E-state index in [4.69, 9.17) is 0 Å². The van der Waals surface area contributed by atoms with Gasteiger partial charge in [0.2, 0.25) is 15.9 Å². The van der Waals surface area contributed by atoms with Crippen LogP contribution in [0.3, 0.4) is 0 Å². The van der Waals surface area contributed by atoms with Crippen molar-refractivity contribution in [2.75, 3.05) is 13.1 Å². The predicted octanol–water partition coefficient (Wildman–Crippen LogP) is 1.25. The Morgan fingerprint density at radius 1 is 1.14 bits per heavy atom. The first-order valence-corrected chi connectivity index (χ1v) is 8.56. The number of hydrogen-bond acceptors (Lipinski definition) is 3. The molecule has 0 aliphatic carbocycles. The lowest BCUT2D eigenvalue weighted by molar-refractivity contribution is -0.121. The Labute approximate surface area is 127 Å². The minimum atomic E-state index is -3.97. The van der Waals surface area contributed by atoms with Gasteiger partial charge in [-0.25, -0.2) is 17.2 Å². The maximum Gasteiger partial charge on any atom is 0.243 e. The molecule has 0 aromatic heterocycles. The predicted molar refractivity (Wildman–Crippen MR) is 74.4 cm³/mol. The van der Waals surface area contributed by atoms with Crippen LogP contribution in [0.25, 0.3) is 0 Å². The number of benzene rings is 1. The van der Waals surface area contributed by atoms with Gasteiger partial charge >= 0.3 is 0 Å². The fraction of sp³-hybridized carbons (Fsp3) is 0.500. The number of nitrogens with one attached hydrogen (secondary N) is 1. The largest absolute Gasteiger partial charge is 0.352 e. The smallest absolute Gasteiger partial charge is 0.243 e. The molecular weight excluding hydrogens is 314 g/mol. The van der Waals surface area contributed by atoms with Crippen molar-refractivity contribution in [2.24, 2.45) is 5.92 Å². The molecule has 1 aromatic rings. The molecule has 2 aliphatic rings. The minimum Gasteiger partial charge on any atom is -0.352 e. The highest BCUT2D eigenvalue weighted by molar-refractivity contribution is 7.89. The first-order valence-electron chi connectivity index (χ1n) is 7.12. The molecule has 5 nitrogen and oxygen atoms in total. The monoisotopic (exact) mass is 330 g/mol. The normalized spacial score (nSPS) is 26.4. The number of hydrogen-bond donors (Lipinski definition) is 1. The van der Waals surface area contributed by atoms with E-state index in [1.807, 2.05) is 0 Å². The van der Waals surface area contributed by atoms with Crippen molar-refractivity contribution in [3.8, 4) is 0 Å². The standard InChI is InChI=1S/C14H16F2N2O3S/c15-10-4-11(16)6-12(5-10)22(20,21)18-7-9-2-1-3-14(19)17-13(9)8-18/h4-6,9,13H,1-3,7-8H2,(H,17,19)/t9-,13+/m1/s1. The average molecular weight is 330 g/mol. The summed E-state index contributed by atoms with van der Waals surface area (Å²) in [4.78, 5) is 11.2. The third-order valence-corrected chi connectivity index (χ3v) is 6.02. The lowest BCUT2D eigenvalue weighted by Gasteiger charge is -2.17. The van der Waals surface area contributed by atoms with E-state index in [-0.39, 0.29) is 31.0 Å². The van der Waals surface area contributed by atoms with Gasteiger partial charge in [-0.3, -0.25) is 4.79 Å². The molecule has 1 aromatic carbocycles. The van der Waals surface area contributed by atoms with Gasteiger partial charge in [0.1, 0.15) is 11.6 Å². The summed E-state index contributed by atoms with van der Waals surface area (Å²) in [6.07, 6.45) is 1.93. The first-order chi connectivity index (χ1) is 10.4. The number of amides is 1. The zero-order chi connectivity index (χ0) is 15.9. The molecule has 1 N–H and O–H groups in total. The molecule has 0 unspecified atom stereocenters. The van der Waals surface area contributed by atoms with E-state index in [1.54, 1.807) is 0 Å². The average Bonchev–Trinajstić information content (AvgIpc) is 2.73. The van der Waals surface area contributed by atoms with Crippen molar-refractivity contribution in [2.45, 2.75) is 30.2 Å². The van der Waals surface area contributed by atoms with Gasteiger partial charge in [-0.15, -0.1) is 0 Å². The Morgan fingerprint density at radius 3 is 2.50 bits per heavy atom. The van der Waals surface area contributed by atoms with Gasteiger partial charge < -0.3 is 5.32 Å². The van der Waals surface area contributed by atoms with Crippen LogP contribution in [0.1, 0.15) is 19.3 Å². The van der Waals surface area contributed by atoms with Gasteiger partial charge in [0, 0.05) is 31.6 Å². The molecule has 0 spiro atoms. The summed E-state index contributed by atoms with van der Waals surface area (Å²) in [5, 5.41) is 2.82. The molecule has 22 heavy (non-hydrogen) atoms. The van der Waals surface area contributed by atoms with Crippen LogP contribution in [0.2, 0.25) is 0 Å². The summed E-state index contributed by atoms with van der Waals surface area (Å²) < 4.78 is 52.8. The number of carbonyl (C=O) groups excluding carboxylic acids is 1. The molecule has 120 valence electrons. The van der Waals surface area contributed by atoms with Crippen molar-refractivity contribution in [3.63, 3.8) is 0 Å². The highest BCUT2D eigenvalue weighted by Crippen LogP contribution is 2.30. The summed E-state index contributed by atoms with van der Waals surface area (Å²) >= 11 is 0. The van der Waals surface area contributed by atoms with Crippen molar-refractivity contribution in [1.29, 1.82) is 0 Å². The summed E-state index contributed by atoms with van der Waals surface area (Å²) in [6.45, 7) is 0.391. The highest BCUT2D eigenvalue weighted by atomic mass is 32.2. The van der Waals surface area contributed by atoms with E-state index in [2.05, 4.69) is 5.32 Å². The van der Waals surface area contributed by atoms with Crippen LogP contribution in [-0.2, 0) is 14.8 Å². The second-order valence-electron chi connectivity index (χ2n) is 5.75. The molecule has 3 rings (SSSR count). The van der Waals surface area contributed by atoms with Gasteiger partial charge in [0.05, 0.1) is 4.90 Å². The van der Waals surface area contributed by atoms with Crippen LogP contribution in [0.5, 0.6) is 0 Å². The molecule has 2 saturated heterocycles. The zero-order valence-electron chi connectivity index (χ0n) is 11.8. The number of halogens is 2. The number of sulfonamides is 1. The summed E-state index contributed by atoms with van der Waals surface area (Å²) in [5.74, 6) is -1.90. The number of nitrogens with zero attached hydrogens (tertiary/aromatic N) is 1. The molecule has 0 bridgehead atoms. The zero-order valence-corrected chi connectivity index (χ0v) is 12.6. The van der Waals surface area contributed by atoms with Gasteiger partial charge in [0.15, 0.2) is 0 Å². The van der Waals surface area contributed by atoms with Crippen molar-refractivity contribution in [3.05, 3.63) is 29.8 Å². The van der Waals surface area contributed by atoms with Crippen LogP contribution in [0.4, 0.5) is 8.78 Å². The van der Waals surface area contributed by atoms with E-state index in [9.17, 15) is 22.0 Å². The maximum absolute atomic E-state index is 13.3. The topological polar surface area (TPSA) is 66.5 Å². The number of rotatable bonds is 2. The van der Waals surface area contributed by atoms with Crippen LogP contribution in [-0.4, -0.2) is 37.8 Å². The fourth-order valence-electron chi connectivity index (χ4n) is 3.11. The van der Waals surface area contributed by atoms with Gasteiger partial charge in [0.25, 0.3) is 0 Å². The van der Waals surface area contributed by atoms with E-state index in [0.29, 0.717) is 12.5 Å². The van der Waals surface area contributed by atoms with E-state index in [1.165, 1.54) is 4.31 Å². The molecule has 8 heteroatoms. The van der Waals surface area contributed by atoms with Crippen LogP contribution < -0.4 is 5.32 Å². The maximum atomic E-state index is 13.3. The Kier molecular flexibility index (Phi) is 3.90. The Bertz CT molecular complexity index is 688. The van der Waals surface area contributed by atoms with Gasteiger partial charge in [-0.05, 0) is 30.9 Å². The van der Waals surface area contributed by atoms with E-state index < -0.39 is 26.6 Å². The molecule has 2 aliphatic heterocycles. The molecule has 0 radical (unpaired) electrons. The van der Waals surface area contributed by atoms with Crippen molar-refractivity contribution >= 4 is 15.9 Å². The first kappa shape index (κ1) is 15.4. The molecular formula is C14H16F2N2O3S. The third kappa shape index (κ3) is 2.85. The fourth-order valence-corrected chi connectivity index (χ4v) is 4.68. The van der Waals surface area contributed by atoms with Gasteiger partial charge in [-0.1, -0.05) is 0 Å². The summed E-state index contributed by atoms with van der Waals surface area (Å²) in [7, 11) is -3.97. The Balaban J connectivity index is 1.86. The molecule has 2 fully saturated rings. The molecule has 2 atom stereocenters. The SMILES string of the molecule is O=C1CCC[C@@H]2CN(S(=O)(=O)c3cc(F)cc(F)c3)C[C@@H]2N1. The second-order valence-corrected chi connectivity index (χ2v) is 7.69. The third-order valence-electron chi connectivity index (χ3n) is 4.21. The summed E-state index contributed by atoms with van der Waals surface area (Å²) in [6, 6.07) is 2.02. The van der Waals surface area contributed by atoms with Crippen LogP contribution >= 0.6 is 0 Å². The van der Waals surface area contributed by atoms with Crippen LogP contribution in [0, 0.1) is 17.6 Å². The number of fused-ring (bicyclic) bond motifs is 1. The summed E-state index contributed by atoms with van der Waals surface area (Å²) in [5.41, 5.74) is 0. The number of carbonyl (C=O) groups is 1.